The number of fused-ring (bicyclic) bond motifs is 2. The predicted molar refractivity (Wildman–Crippen MR) is 111 cm³/mol. The van der Waals surface area contributed by atoms with Crippen LogP contribution in [0.25, 0.3) is 27.8 Å². The van der Waals surface area contributed by atoms with E-state index in [1.165, 1.54) is 30.0 Å². The Labute approximate surface area is 172 Å². The molecule has 1 atom stereocenters. The van der Waals surface area contributed by atoms with Crippen molar-refractivity contribution in [1.29, 1.82) is 0 Å². The largest absolute Gasteiger partial charge is 0.358 e. The number of hydrogen-bond acceptors (Lipinski definition) is 6. The quantitative estimate of drug-likeness (QED) is 0.477. The maximum absolute atomic E-state index is 13.9. The van der Waals surface area contributed by atoms with E-state index >= 15 is 0 Å². The molecule has 0 aliphatic carbocycles. The molecule has 5 rings (SSSR count). The molecule has 2 N–H and O–H groups in total. The van der Waals surface area contributed by atoms with E-state index in [-0.39, 0.29) is 34.4 Å². The Bertz CT molecular complexity index is 1530. The van der Waals surface area contributed by atoms with Crippen molar-refractivity contribution in [2.75, 3.05) is 5.32 Å². The number of para-hydroxylation sites is 1. The fourth-order valence-corrected chi connectivity index (χ4v) is 3.26. The first-order chi connectivity index (χ1) is 15.3. The van der Waals surface area contributed by atoms with E-state index in [2.05, 4.69) is 30.2 Å². The molecule has 0 unspecified atom stereocenters. The number of nitrogens with one attached hydrogen (secondary N) is 2. The fraction of sp³-hybridized carbons (Fsp3) is 0.0952. The average molecular weight is 403 g/mol. The molecular formula is C21H16FN7O. The van der Waals surface area contributed by atoms with Gasteiger partial charge in [0.2, 0.25) is 0 Å². The number of aromatic nitrogens is 6. The van der Waals surface area contributed by atoms with E-state index in [9.17, 15) is 9.18 Å². The van der Waals surface area contributed by atoms with Crippen molar-refractivity contribution >= 4 is 27.9 Å². The highest BCUT2D eigenvalue weighted by Gasteiger charge is 2.20. The van der Waals surface area contributed by atoms with Gasteiger partial charge >= 0.3 is 0 Å². The maximum atomic E-state index is 13.9. The Hall–Kier alpha value is -4.14. The summed E-state index contributed by atoms with van der Waals surface area (Å²) in [4.78, 5) is 32.9. The van der Waals surface area contributed by atoms with Gasteiger partial charge in [0.25, 0.3) is 5.56 Å². The number of halogens is 1. The van der Waals surface area contributed by atoms with E-state index in [0.29, 0.717) is 11.3 Å². The van der Waals surface area contributed by atoms with E-state index in [0.717, 1.165) is 6.07 Å². The Morgan fingerprint density at radius 2 is 2.03 bits per heavy atom. The molecule has 0 aliphatic rings. The number of H-pyrrole nitrogens is 1. The lowest BCUT2D eigenvalue weighted by Gasteiger charge is -2.20. The molecule has 2 aromatic carbocycles. The van der Waals surface area contributed by atoms with Crippen LogP contribution in [0, 0.1) is 5.82 Å². The second kappa shape index (κ2) is 7.03. The minimum atomic E-state index is -1.67. The molecule has 0 amide bonds. The number of benzene rings is 2. The van der Waals surface area contributed by atoms with Crippen molar-refractivity contribution in [3.8, 4) is 5.69 Å². The number of hydrogen-bond donors (Lipinski definition) is 2. The maximum Gasteiger partial charge on any atom is 0.266 e. The summed E-state index contributed by atoms with van der Waals surface area (Å²) in [7, 11) is 0. The first-order valence-corrected chi connectivity index (χ1v) is 9.07. The Kier molecular flexibility index (Phi) is 3.69. The molecule has 3 heterocycles. The standard InChI is InChI=1S/C21H16FN7O/c1-12(27-19-17-18(24-10-23-17)25-11-26-19)20-28-16-8-7-13(22)9-15(16)21(30)29(20)14-5-3-2-4-6-14/h2-12H,1H3,(H2,23,24,25,26,27)/t12-/m0/s1/i10D,12D. The van der Waals surface area contributed by atoms with Gasteiger partial charge in [0.1, 0.15) is 24.9 Å². The summed E-state index contributed by atoms with van der Waals surface area (Å²) in [6.07, 6.45) is 1.18. The van der Waals surface area contributed by atoms with Crippen LogP contribution in [0.4, 0.5) is 10.2 Å². The molecule has 3 aromatic heterocycles. The molecule has 0 spiro atoms. The minimum absolute atomic E-state index is 0.0706. The lowest BCUT2D eigenvalue weighted by atomic mass is 10.2. The van der Waals surface area contributed by atoms with Crippen LogP contribution < -0.4 is 10.9 Å². The molecule has 148 valence electrons. The molecule has 0 aliphatic heterocycles. The lowest BCUT2D eigenvalue weighted by Crippen LogP contribution is -2.27. The van der Waals surface area contributed by atoms with Gasteiger partial charge in [-0.05, 0) is 37.3 Å². The van der Waals surface area contributed by atoms with Crippen LogP contribution in [0.3, 0.4) is 0 Å². The fourth-order valence-electron chi connectivity index (χ4n) is 3.26. The summed E-state index contributed by atoms with van der Waals surface area (Å²) in [6, 6.07) is 10.8. The van der Waals surface area contributed by atoms with E-state index < -0.39 is 17.4 Å². The SMILES string of the molecule is [2H]c1nc2c(N[C@@]([2H])(C)c3nc4ccc(F)cc4c(=O)n3-c3ccccc3)ncnc2[nH]1. The van der Waals surface area contributed by atoms with Crippen LogP contribution in [-0.2, 0) is 0 Å². The monoisotopic (exact) mass is 403 g/mol. The molecule has 9 heteroatoms. The third-order valence-corrected chi connectivity index (χ3v) is 4.65. The van der Waals surface area contributed by atoms with Gasteiger partial charge in [-0.2, -0.15) is 0 Å². The number of nitrogens with zero attached hydrogens (tertiary/aromatic N) is 5. The zero-order valence-electron chi connectivity index (χ0n) is 17.7. The van der Waals surface area contributed by atoms with Gasteiger partial charge < -0.3 is 10.3 Å². The van der Waals surface area contributed by atoms with Gasteiger partial charge in [0, 0.05) is 0 Å². The highest BCUT2D eigenvalue weighted by molar-refractivity contribution is 5.82. The second-order valence-electron chi connectivity index (χ2n) is 6.59. The molecule has 0 saturated carbocycles. The van der Waals surface area contributed by atoms with Crippen LogP contribution in [0.2, 0.25) is 0 Å². The van der Waals surface area contributed by atoms with Crippen molar-refractivity contribution in [2.24, 2.45) is 0 Å². The van der Waals surface area contributed by atoms with Gasteiger partial charge in [0.15, 0.2) is 11.5 Å². The zero-order chi connectivity index (χ0) is 22.5. The van der Waals surface area contributed by atoms with Gasteiger partial charge in [-0.3, -0.25) is 9.36 Å². The van der Waals surface area contributed by atoms with Crippen LogP contribution in [-0.4, -0.2) is 29.5 Å². The number of anilines is 1. The minimum Gasteiger partial charge on any atom is -0.358 e. The summed E-state index contributed by atoms with van der Waals surface area (Å²) >= 11 is 0. The molecule has 0 radical (unpaired) electrons. The molecular weight excluding hydrogens is 385 g/mol. The van der Waals surface area contributed by atoms with Gasteiger partial charge in [-0.1, -0.05) is 18.2 Å². The van der Waals surface area contributed by atoms with Crippen molar-refractivity contribution in [3.05, 3.63) is 83.2 Å². The third-order valence-electron chi connectivity index (χ3n) is 4.65. The number of imidazole rings is 1. The Balaban J connectivity index is 1.74. The smallest absolute Gasteiger partial charge is 0.266 e. The lowest BCUT2D eigenvalue weighted by molar-refractivity contribution is 0.629. The summed E-state index contributed by atoms with van der Waals surface area (Å²) in [5.41, 5.74) is 0.863. The summed E-state index contributed by atoms with van der Waals surface area (Å²) in [5, 5.41) is 3.06. The summed E-state index contributed by atoms with van der Waals surface area (Å²) in [5.74, 6) is -0.278. The third kappa shape index (κ3) is 2.96. The normalized spacial score (nSPS) is 14.3. The molecule has 0 bridgehead atoms. The van der Waals surface area contributed by atoms with Crippen molar-refractivity contribution in [1.82, 2.24) is 29.5 Å². The van der Waals surface area contributed by atoms with Crippen molar-refractivity contribution in [3.63, 3.8) is 0 Å². The van der Waals surface area contributed by atoms with Gasteiger partial charge in [-0.25, -0.2) is 24.3 Å². The van der Waals surface area contributed by atoms with E-state index in [4.69, 9.17) is 2.74 Å². The van der Waals surface area contributed by atoms with Crippen LogP contribution in [0.1, 0.15) is 21.5 Å². The highest BCUT2D eigenvalue weighted by Crippen LogP contribution is 2.23. The Morgan fingerprint density at radius 3 is 2.87 bits per heavy atom. The van der Waals surface area contributed by atoms with Crippen molar-refractivity contribution in [2.45, 2.75) is 12.9 Å². The molecule has 0 saturated heterocycles. The van der Waals surface area contributed by atoms with Gasteiger partial charge in [0.05, 0.1) is 30.3 Å². The topological polar surface area (TPSA) is 101 Å². The second-order valence-corrected chi connectivity index (χ2v) is 6.59. The number of aromatic amines is 1. The van der Waals surface area contributed by atoms with Crippen LogP contribution in [0.15, 0.2) is 66.0 Å². The van der Waals surface area contributed by atoms with Crippen LogP contribution >= 0.6 is 0 Å². The first kappa shape index (κ1) is 15.7. The van der Waals surface area contributed by atoms with Crippen LogP contribution in [0.5, 0.6) is 0 Å². The molecule has 0 fully saturated rings. The number of rotatable bonds is 4. The highest BCUT2D eigenvalue weighted by atomic mass is 19.1. The predicted octanol–water partition coefficient (Wildman–Crippen LogP) is 3.36. The van der Waals surface area contributed by atoms with E-state index in [1.807, 2.05) is 0 Å². The first-order valence-electron chi connectivity index (χ1n) is 10.1. The summed E-state index contributed by atoms with van der Waals surface area (Å²) in [6.45, 7) is 1.52. The zero-order valence-corrected chi connectivity index (χ0v) is 15.7. The Morgan fingerprint density at radius 1 is 1.20 bits per heavy atom. The van der Waals surface area contributed by atoms with E-state index in [1.54, 1.807) is 30.3 Å². The molecule has 5 aromatic rings. The molecule has 30 heavy (non-hydrogen) atoms. The average Bonchev–Trinajstić information content (AvgIpc) is 3.16. The van der Waals surface area contributed by atoms with Crippen molar-refractivity contribution < 1.29 is 7.13 Å². The van der Waals surface area contributed by atoms with Gasteiger partial charge in [-0.15, -0.1) is 0 Å². The summed E-state index contributed by atoms with van der Waals surface area (Å²) < 4.78 is 31.9. The molecule has 8 nitrogen and oxygen atoms in total.